The molecule has 1 aromatic heterocycles. The summed E-state index contributed by atoms with van der Waals surface area (Å²) in [6.07, 6.45) is 0. The molecular weight excluding hydrogens is 360 g/mol. The lowest BCUT2D eigenvalue weighted by atomic mass is 10.1. The number of hydrogen-bond acceptors (Lipinski definition) is 3. The highest BCUT2D eigenvalue weighted by Gasteiger charge is 2.19. The van der Waals surface area contributed by atoms with Crippen molar-refractivity contribution in [2.45, 2.75) is 40.4 Å². The second-order valence-electron chi connectivity index (χ2n) is 7.88. The Bertz CT molecular complexity index is 987. The Morgan fingerprint density at radius 3 is 2.31 bits per heavy atom. The average molecular weight is 391 g/mol. The molecule has 0 aliphatic heterocycles. The summed E-state index contributed by atoms with van der Waals surface area (Å²) in [4.78, 5) is 15.1. The first-order valence-electron chi connectivity index (χ1n) is 9.94. The highest BCUT2D eigenvalue weighted by molar-refractivity contribution is 5.96. The Kier molecular flexibility index (Phi) is 6.49. The average Bonchev–Trinajstić information content (AvgIpc) is 2.95. The number of amides is 1. The summed E-state index contributed by atoms with van der Waals surface area (Å²) < 4.78 is 1.91. The smallest absolute Gasteiger partial charge is 0.255 e. The molecule has 0 atom stereocenters. The predicted molar refractivity (Wildman–Crippen MR) is 117 cm³/mol. The normalized spacial score (nSPS) is 11.1. The molecule has 152 valence electrons. The second-order valence-corrected chi connectivity index (χ2v) is 7.88. The number of hydrogen-bond donors (Lipinski definition) is 1. The Labute approximate surface area is 173 Å². The van der Waals surface area contributed by atoms with Crippen LogP contribution in [0.15, 0.2) is 48.5 Å². The van der Waals surface area contributed by atoms with Crippen LogP contribution in [-0.4, -0.2) is 34.7 Å². The second kappa shape index (κ2) is 9.05. The molecule has 0 unspecified atom stereocenters. The lowest BCUT2D eigenvalue weighted by Gasteiger charge is -2.14. The van der Waals surface area contributed by atoms with Gasteiger partial charge in [0, 0.05) is 18.8 Å². The van der Waals surface area contributed by atoms with E-state index in [0.717, 1.165) is 23.5 Å². The minimum absolute atomic E-state index is 0.0742. The van der Waals surface area contributed by atoms with Gasteiger partial charge in [0.2, 0.25) is 0 Å². The fraction of sp³-hybridized carbons (Fsp3) is 0.333. The van der Waals surface area contributed by atoms with E-state index < -0.39 is 0 Å². The molecule has 0 aliphatic rings. The molecule has 0 aliphatic carbocycles. The molecule has 29 heavy (non-hydrogen) atoms. The van der Waals surface area contributed by atoms with Crippen molar-refractivity contribution in [3.8, 4) is 0 Å². The van der Waals surface area contributed by atoms with Crippen molar-refractivity contribution in [2.24, 2.45) is 0 Å². The molecule has 0 spiro atoms. The molecule has 5 nitrogen and oxygen atoms in total. The van der Waals surface area contributed by atoms with Crippen molar-refractivity contribution < 1.29 is 4.79 Å². The Morgan fingerprint density at radius 2 is 1.66 bits per heavy atom. The third-order valence-electron chi connectivity index (χ3n) is 5.11. The molecule has 0 saturated carbocycles. The van der Waals surface area contributed by atoms with Crippen LogP contribution in [0.25, 0.3) is 0 Å². The largest absolute Gasteiger partial charge is 0.348 e. The van der Waals surface area contributed by atoms with Crippen LogP contribution in [0.1, 0.15) is 44.0 Å². The van der Waals surface area contributed by atoms with E-state index in [1.54, 1.807) is 0 Å². The van der Waals surface area contributed by atoms with Crippen LogP contribution in [0, 0.1) is 20.8 Å². The van der Waals surface area contributed by atoms with E-state index in [0.29, 0.717) is 18.7 Å². The predicted octanol–water partition coefficient (Wildman–Crippen LogP) is 3.85. The maximum Gasteiger partial charge on any atom is 0.255 e. The fourth-order valence-electron chi connectivity index (χ4n) is 3.53. The molecule has 1 heterocycles. The third-order valence-corrected chi connectivity index (χ3v) is 5.11. The number of rotatable bonds is 7. The standard InChI is InChI=1S/C24H30N4O/c1-17-10-12-20(13-11-17)15-28-19(3)23(18(2)26-28)24(29)25-14-21-8-6-7-9-22(21)16-27(4)5/h6-13H,14-16H2,1-5H3,(H,25,29). The van der Waals surface area contributed by atoms with Gasteiger partial charge in [-0.05, 0) is 51.6 Å². The van der Waals surface area contributed by atoms with E-state index in [4.69, 9.17) is 0 Å². The van der Waals surface area contributed by atoms with Crippen LogP contribution in [0.4, 0.5) is 0 Å². The van der Waals surface area contributed by atoms with Crippen LogP contribution in [0.5, 0.6) is 0 Å². The van der Waals surface area contributed by atoms with Crippen molar-refractivity contribution in [2.75, 3.05) is 14.1 Å². The number of carbonyl (C=O) groups is 1. The first-order chi connectivity index (χ1) is 13.8. The molecular formula is C24H30N4O. The van der Waals surface area contributed by atoms with Gasteiger partial charge in [0.15, 0.2) is 0 Å². The highest BCUT2D eigenvalue weighted by atomic mass is 16.1. The summed E-state index contributed by atoms with van der Waals surface area (Å²) in [5.41, 5.74) is 7.08. The number of nitrogens with one attached hydrogen (secondary N) is 1. The third kappa shape index (κ3) is 5.12. The van der Waals surface area contributed by atoms with Gasteiger partial charge in [-0.15, -0.1) is 0 Å². The summed E-state index contributed by atoms with van der Waals surface area (Å²) in [6.45, 7) is 7.94. The molecule has 0 fully saturated rings. The van der Waals surface area contributed by atoms with Crippen molar-refractivity contribution in [1.29, 1.82) is 0 Å². The van der Waals surface area contributed by atoms with Gasteiger partial charge in [-0.2, -0.15) is 5.10 Å². The number of benzene rings is 2. The van der Waals surface area contributed by atoms with E-state index in [2.05, 4.69) is 58.6 Å². The van der Waals surface area contributed by atoms with Gasteiger partial charge in [-0.25, -0.2) is 0 Å². The highest BCUT2D eigenvalue weighted by Crippen LogP contribution is 2.16. The van der Waals surface area contributed by atoms with Gasteiger partial charge in [-0.1, -0.05) is 54.1 Å². The van der Waals surface area contributed by atoms with Gasteiger partial charge >= 0.3 is 0 Å². The number of aromatic nitrogens is 2. The first kappa shape index (κ1) is 20.8. The van der Waals surface area contributed by atoms with Crippen LogP contribution >= 0.6 is 0 Å². The molecule has 2 aromatic carbocycles. The lowest BCUT2D eigenvalue weighted by molar-refractivity contribution is 0.0949. The maximum absolute atomic E-state index is 12.9. The van der Waals surface area contributed by atoms with E-state index in [1.807, 2.05) is 44.8 Å². The zero-order chi connectivity index (χ0) is 21.0. The van der Waals surface area contributed by atoms with E-state index in [1.165, 1.54) is 16.7 Å². The van der Waals surface area contributed by atoms with Gasteiger partial charge in [-0.3, -0.25) is 9.48 Å². The zero-order valence-corrected chi connectivity index (χ0v) is 18.0. The van der Waals surface area contributed by atoms with Crippen LogP contribution in [0.2, 0.25) is 0 Å². The SMILES string of the molecule is Cc1ccc(Cn2nc(C)c(C(=O)NCc3ccccc3CN(C)C)c2C)cc1. The Balaban J connectivity index is 1.73. The minimum Gasteiger partial charge on any atom is -0.348 e. The minimum atomic E-state index is -0.0742. The molecule has 0 bridgehead atoms. The summed E-state index contributed by atoms with van der Waals surface area (Å²) in [7, 11) is 4.09. The summed E-state index contributed by atoms with van der Waals surface area (Å²) in [5, 5.41) is 7.69. The van der Waals surface area contributed by atoms with Crippen LogP contribution < -0.4 is 5.32 Å². The molecule has 0 saturated heterocycles. The molecule has 3 rings (SSSR count). The molecule has 1 N–H and O–H groups in total. The van der Waals surface area contributed by atoms with Crippen molar-refractivity contribution in [1.82, 2.24) is 20.0 Å². The topological polar surface area (TPSA) is 50.2 Å². The number of carbonyl (C=O) groups excluding carboxylic acids is 1. The molecule has 5 heteroatoms. The van der Waals surface area contributed by atoms with Gasteiger partial charge in [0.1, 0.15) is 0 Å². The summed E-state index contributed by atoms with van der Waals surface area (Å²) >= 11 is 0. The number of nitrogens with zero attached hydrogens (tertiary/aromatic N) is 3. The Hall–Kier alpha value is -2.92. The van der Waals surface area contributed by atoms with Gasteiger partial charge in [0.25, 0.3) is 5.91 Å². The van der Waals surface area contributed by atoms with E-state index >= 15 is 0 Å². The van der Waals surface area contributed by atoms with Crippen molar-refractivity contribution in [3.05, 3.63) is 87.7 Å². The van der Waals surface area contributed by atoms with Gasteiger partial charge in [0.05, 0.1) is 17.8 Å². The quantitative estimate of drug-likeness (QED) is 0.667. The first-order valence-corrected chi connectivity index (χ1v) is 9.94. The molecule has 3 aromatic rings. The van der Waals surface area contributed by atoms with Crippen LogP contribution in [0.3, 0.4) is 0 Å². The maximum atomic E-state index is 12.9. The summed E-state index contributed by atoms with van der Waals surface area (Å²) in [6, 6.07) is 16.6. The van der Waals surface area contributed by atoms with Gasteiger partial charge < -0.3 is 10.2 Å². The monoisotopic (exact) mass is 390 g/mol. The van der Waals surface area contributed by atoms with E-state index in [-0.39, 0.29) is 5.91 Å². The van der Waals surface area contributed by atoms with Crippen LogP contribution in [-0.2, 0) is 19.6 Å². The fourth-order valence-corrected chi connectivity index (χ4v) is 3.53. The molecule has 1 amide bonds. The molecule has 0 radical (unpaired) electrons. The summed E-state index contributed by atoms with van der Waals surface area (Å²) in [5.74, 6) is -0.0742. The number of aryl methyl sites for hydroxylation is 2. The lowest BCUT2D eigenvalue weighted by Crippen LogP contribution is -2.25. The van der Waals surface area contributed by atoms with Crippen molar-refractivity contribution >= 4 is 5.91 Å². The zero-order valence-electron chi connectivity index (χ0n) is 18.0. The Morgan fingerprint density at radius 1 is 1.00 bits per heavy atom. The van der Waals surface area contributed by atoms with Crippen molar-refractivity contribution in [3.63, 3.8) is 0 Å². The van der Waals surface area contributed by atoms with E-state index in [9.17, 15) is 4.79 Å².